The van der Waals surface area contributed by atoms with Gasteiger partial charge in [-0.05, 0) is 35.9 Å². The number of aliphatic hydroxyl groups is 1. The second-order valence-electron chi connectivity index (χ2n) is 7.12. The third-order valence-corrected chi connectivity index (χ3v) is 4.88. The Morgan fingerprint density at radius 3 is 2.61 bits per heavy atom. The molecule has 0 aromatic heterocycles. The summed E-state index contributed by atoms with van der Waals surface area (Å²) >= 11 is 0. The van der Waals surface area contributed by atoms with Crippen molar-refractivity contribution >= 4 is 11.8 Å². The topological polar surface area (TPSA) is 96.9 Å². The van der Waals surface area contributed by atoms with Gasteiger partial charge in [-0.25, -0.2) is 4.39 Å². The van der Waals surface area contributed by atoms with Crippen molar-refractivity contribution in [2.45, 2.75) is 31.2 Å². The van der Waals surface area contributed by atoms with E-state index in [0.29, 0.717) is 6.54 Å². The van der Waals surface area contributed by atoms with Crippen LogP contribution < -0.4 is 15.4 Å². The summed E-state index contributed by atoms with van der Waals surface area (Å²) in [5.41, 5.74) is 1.10. The highest BCUT2D eigenvalue weighted by molar-refractivity contribution is 5.94. The molecular formula is C23H25FN2O5. The minimum Gasteiger partial charge on any atom is -0.497 e. The normalized spacial score (nSPS) is 20.2. The van der Waals surface area contributed by atoms with Crippen LogP contribution in [0.25, 0.3) is 0 Å². The van der Waals surface area contributed by atoms with Crippen LogP contribution in [0.5, 0.6) is 5.75 Å². The maximum absolute atomic E-state index is 13.3. The van der Waals surface area contributed by atoms with Gasteiger partial charge in [-0.3, -0.25) is 9.59 Å². The number of carbonyl (C=O) groups is 2. The van der Waals surface area contributed by atoms with Gasteiger partial charge in [0.25, 0.3) is 5.91 Å². The predicted molar refractivity (Wildman–Crippen MR) is 112 cm³/mol. The SMILES string of the molecule is COc1ccc(CNC(=O)C[C@@H]2C=C[C@@H](NC(=O)c3cccc(F)c3)[C@@H](CO)O2)cc1. The van der Waals surface area contributed by atoms with Crippen molar-refractivity contribution in [3.8, 4) is 5.75 Å². The summed E-state index contributed by atoms with van der Waals surface area (Å²) in [4.78, 5) is 24.6. The van der Waals surface area contributed by atoms with Gasteiger partial charge in [-0.15, -0.1) is 0 Å². The van der Waals surface area contributed by atoms with Crippen molar-refractivity contribution in [3.63, 3.8) is 0 Å². The number of benzene rings is 2. The highest BCUT2D eigenvalue weighted by Crippen LogP contribution is 2.17. The number of amides is 2. The van der Waals surface area contributed by atoms with E-state index in [4.69, 9.17) is 9.47 Å². The first kappa shape index (κ1) is 22.5. The van der Waals surface area contributed by atoms with Crippen molar-refractivity contribution in [2.75, 3.05) is 13.7 Å². The maximum atomic E-state index is 13.3. The molecule has 2 aromatic carbocycles. The van der Waals surface area contributed by atoms with Gasteiger partial charge >= 0.3 is 0 Å². The van der Waals surface area contributed by atoms with Crippen LogP contribution in [0.4, 0.5) is 4.39 Å². The lowest BCUT2D eigenvalue weighted by Gasteiger charge is -2.31. The molecule has 164 valence electrons. The molecule has 31 heavy (non-hydrogen) atoms. The molecule has 0 fully saturated rings. The Hall–Kier alpha value is -3.23. The summed E-state index contributed by atoms with van der Waals surface area (Å²) in [6.07, 6.45) is 2.18. The molecule has 1 heterocycles. The van der Waals surface area contributed by atoms with E-state index in [9.17, 15) is 19.1 Å². The van der Waals surface area contributed by atoms with Crippen LogP contribution in [0.3, 0.4) is 0 Å². The lowest BCUT2D eigenvalue weighted by atomic mass is 10.0. The van der Waals surface area contributed by atoms with E-state index in [1.54, 1.807) is 19.3 Å². The van der Waals surface area contributed by atoms with E-state index in [1.165, 1.54) is 18.2 Å². The first-order chi connectivity index (χ1) is 15.0. The molecule has 0 spiro atoms. The molecule has 1 aliphatic heterocycles. The second kappa shape index (κ2) is 10.7. The Labute approximate surface area is 179 Å². The van der Waals surface area contributed by atoms with E-state index in [-0.39, 0.29) is 24.5 Å². The van der Waals surface area contributed by atoms with Crippen LogP contribution in [-0.2, 0) is 16.1 Å². The molecule has 2 aromatic rings. The van der Waals surface area contributed by atoms with Crippen LogP contribution in [0.15, 0.2) is 60.7 Å². The molecule has 8 heteroatoms. The zero-order valence-corrected chi connectivity index (χ0v) is 17.1. The second-order valence-corrected chi connectivity index (χ2v) is 7.12. The zero-order chi connectivity index (χ0) is 22.2. The molecule has 0 bridgehead atoms. The van der Waals surface area contributed by atoms with Crippen LogP contribution >= 0.6 is 0 Å². The monoisotopic (exact) mass is 428 g/mol. The number of carbonyl (C=O) groups excluding carboxylic acids is 2. The van der Waals surface area contributed by atoms with Crippen molar-refractivity contribution < 1.29 is 28.6 Å². The molecule has 0 aliphatic carbocycles. The lowest BCUT2D eigenvalue weighted by molar-refractivity contribution is -0.125. The number of halogens is 1. The standard InChI is InChI=1S/C23H25FN2O5/c1-30-18-7-5-15(6-8-18)13-25-22(28)12-19-9-10-20(21(14-27)31-19)26-23(29)16-3-2-4-17(24)11-16/h2-11,19-21,27H,12-14H2,1H3,(H,25,28)(H,26,29)/t19-,20+,21+/m0/s1. The number of rotatable bonds is 8. The number of hydrogen-bond acceptors (Lipinski definition) is 5. The van der Waals surface area contributed by atoms with Crippen molar-refractivity contribution in [1.29, 1.82) is 0 Å². The summed E-state index contributed by atoms with van der Waals surface area (Å²) in [5.74, 6) is -0.455. The van der Waals surface area contributed by atoms with Crippen LogP contribution in [0.2, 0.25) is 0 Å². The van der Waals surface area contributed by atoms with Gasteiger partial charge in [0.1, 0.15) is 17.7 Å². The summed E-state index contributed by atoms with van der Waals surface area (Å²) in [5, 5.41) is 15.2. The fourth-order valence-electron chi connectivity index (χ4n) is 3.20. The summed E-state index contributed by atoms with van der Waals surface area (Å²) < 4.78 is 24.2. The zero-order valence-electron chi connectivity index (χ0n) is 17.1. The average Bonchev–Trinajstić information content (AvgIpc) is 2.79. The molecule has 0 saturated carbocycles. The van der Waals surface area contributed by atoms with Crippen LogP contribution in [-0.4, -0.2) is 48.9 Å². The fraction of sp³-hybridized carbons (Fsp3) is 0.304. The largest absolute Gasteiger partial charge is 0.497 e. The van der Waals surface area contributed by atoms with Gasteiger partial charge in [0.15, 0.2) is 0 Å². The summed E-state index contributed by atoms with van der Waals surface area (Å²) in [6.45, 7) is 0.0252. The highest BCUT2D eigenvalue weighted by atomic mass is 19.1. The molecule has 7 nitrogen and oxygen atoms in total. The Morgan fingerprint density at radius 2 is 1.94 bits per heavy atom. The van der Waals surface area contributed by atoms with Gasteiger partial charge in [-0.1, -0.05) is 30.4 Å². The van der Waals surface area contributed by atoms with Gasteiger partial charge in [-0.2, -0.15) is 0 Å². The molecule has 0 saturated heterocycles. The van der Waals surface area contributed by atoms with E-state index in [0.717, 1.165) is 17.4 Å². The van der Waals surface area contributed by atoms with Crippen molar-refractivity contribution in [3.05, 3.63) is 77.6 Å². The molecule has 0 unspecified atom stereocenters. The fourth-order valence-corrected chi connectivity index (χ4v) is 3.20. The predicted octanol–water partition coefficient (Wildman–Crippen LogP) is 1.96. The third kappa shape index (κ3) is 6.37. The van der Waals surface area contributed by atoms with Gasteiger partial charge in [0, 0.05) is 12.1 Å². The smallest absolute Gasteiger partial charge is 0.251 e. The van der Waals surface area contributed by atoms with E-state index < -0.39 is 30.0 Å². The number of hydrogen-bond donors (Lipinski definition) is 3. The Morgan fingerprint density at radius 1 is 1.16 bits per heavy atom. The summed E-state index contributed by atoms with van der Waals surface area (Å²) in [6, 6.07) is 12.1. The molecular weight excluding hydrogens is 403 g/mol. The Bertz CT molecular complexity index is 932. The minimum atomic E-state index is -0.720. The number of nitrogens with one attached hydrogen (secondary N) is 2. The van der Waals surface area contributed by atoms with Gasteiger partial charge < -0.3 is 25.2 Å². The number of methoxy groups -OCH3 is 1. The highest BCUT2D eigenvalue weighted by Gasteiger charge is 2.29. The van der Waals surface area contributed by atoms with E-state index in [2.05, 4.69) is 10.6 Å². The van der Waals surface area contributed by atoms with Crippen LogP contribution in [0.1, 0.15) is 22.3 Å². The first-order valence-corrected chi connectivity index (χ1v) is 9.89. The molecule has 1 aliphatic rings. The third-order valence-electron chi connectivity index (χ3n) is 4.88. The minimum absolute atomic E-state index is 0.0771. The number of aliphatic hydroxyl groups excluding tert-OH is 1. The van der Waals surface area contributed by atoms with Crippen molar-refractivity contribution in [2.24, 2.45) is 0 Å². The van der Waals surface area contributed by atoms with Crippen molar-refractivity contribution in [1.82, 2.24) is 10.6 Å². The molecule has 0 radical (unpaired) electrons. The number of ether oxygens (including phenoxy) is 2. The molecule has 3 N–H and O–H groups in total. The average molecular weight is 428 g/mol. The molecule has 3 rings (SSSR count). The molecule has 2 amide bonds. The van der Waals surface area contributed by atoms with E-state index >= 15 is 0 Å². The van der Waals surface area contributed by atoms with E-state index in [1.807, 2.05) is 24.3 Å². The lowest BCUT2D eigenvalue weighted by Crippen LogP contribution is -2.49. The molecule has 3 atom stereocenters. The van der Waals surface area contributed by atoms with Gasteiger partial charge in [0.05, 0.1) is 32.3 Å². The Kier molecular flexibility index (Phi) is 7.75. The summed E-state index contributed by atoms with van der Waals surface area (Å²) in [7, 11) is 1.59. The maximum Gasteiger partial charge on any atom is 0.251 e. The van der Waals surface area contributed by atoms with Gasteiger partial charge in [0.2, 0.25) is 5.91 Å². The first-order valence-electron chi connectivity index (χ1n) is 9.89. The van der Waals surface area contributed by atoms with Crippen LogP contribution in [0, 0.1) is 5.82 Å². The quantitative estimate of drug-likeness (QED) is 0.559. The Balaban J connectivity index is 1.51.